The number of methoxy groups -OCH3 is 2. The molecule has 0 atom stereocenters. The number of hydrogen-bond acceptors (Lipinski definition) is 5. The first-order chi connectivity index (χ1) is 16.5. The molecule has 4 rings (SSSR count). The molecule has 0 unspecified atom stereocenters. The van der Waals surface area contributed by atoms with Crippen LogP contribution in [0.5, 0.6) is 17.2 Å². The molecule has 0 aliphatic rings. The van der Waals surface area contributed by atoms with E-state index in [2.05, 4.69) is 37.5 Å². The van der Waals surface area contributed by atoms with Gasteiger partial charge in [0.15, 0.2) is 11.5 Å². The fourth-order valence-corrected chi connectivity index (χ4v) is 4.08. The van der Waals surface area contributed by atoms with E-state index < -0.39 is 0 Å². The zero-order valence-corrected chi connectivity index (χ0v) is 19.9. The summed E-state index contributed by atoms with van der Waals surface area (Å²) in [6.07, 6.45) is 1.38. The molecule has 1 heterocycles. The summed E-state index contributed by atoms with van der Waals surface area (Å²) in [6, 6.07) is 19.3. The van der Waals surface area contributed by atoms with Gasteiger partial charge in [0, 0.05) is 16.5 Å². The summed E-state index contributed by atoms with van der Waals surface area (Å²) in [4.78, 5) is 17.8. The lowest BCUT2D eigenvalue weighted by molar-refractivity contribution is 0.351. The van der Waals surface area contributed by atoms with Gasteiger partial charge in [-0.2, -0.15) is 4.98 Å². The smallest absolute Gasteiger partial charge is 0.348 e. The van der Waals surface area contributed by atoms with Crippen LogP contribution >= 0.6 is 0 Å². The molecule has 0 aliphatic heterocycles. The molecule has 0 spiro atoms. The van der Waals surface area contributed by atoms with Crippen molar-refractivity contribution in [1.82, 2.24) is 9.55 Å². The third kappa shape index (κ3) is 4.39. The molecule has 0 bridgehead atoms. The fourth-order valence-electron chi connectivity index (χ4n) is 4.08. The number of hydrogen-bond donors (Lipinski definition) is 0. The zero-order chi connectivity index (χ0) is 24.2. The van der Waals surface area contributed by atoms with Gasteiger partial charge in [0.05, 0.1) is 38.2 Å². The SMILES string of the molecule is C=COc1ccc2c(c1)c(-c1ccc(C(C)C)cc1)nc(=O)n2Cc1cccc(OC)c1OC. The lowest BCUT2D eigenvalue weighted by Gasteiger charge is -2.17. The maximum absolute atomic E-state index is 13.3. The lowest BCUT2D eigenvalue weighted by Crippen LogP contribution is -2.25. The van der Waals surface area contributed by atoms with E-state index in [1.165, 1.54) is 11.8 Å². The number of aromatic nitrogens is 2. The first-order valence-electron chi connectivity index (χ1n) is 11.1. The highest BCUT2D eigenvalue weighted by Gasteiger charge is 2.17. The molecule has 1 aromatic heterocycles. The van der Waals surface area contributed by atoms with E-state index in [9.17, 15) is 4.79 Å². The number of benzene rings is 3. The highest BCUT2D eigenvalue weighted by molar-refractivity contribution is 5.93. The summed E-state index contributed by atoms with van der Waals surface area (Å²) in [5, 5.41) is 0.804. The molecule has 0 saturated carbocycles. The molecule has 6 heteroatoms. The molecule has 3 aromatic carbocycles. The predicted molar refractivity (Wildman–Crippen MR) is 135 cm³/mol. The van der Waals surface area contributed by atoms with Gasteiger partial charge in [0.1, 0.15) is 5.75 Å². The van der Waals surface area contributed by atoms with Crippen molar-refractivity contribution in [3.8, 4) is 28.5 Å². The van der Waals surface area contributed by atoms with Crippen LogP contribution in [0.1, 0.15) is 30.9 Å². The predicted octanol–water partition coefficient (Wildman–Crippen LogP) is 5.77. The molecule has 174 valence electrons. The van der Waals surface area contributed by atoms with Crippen LogP contribution in [-0.2, 0) is 6.54 Å². The molecule has 0 saturated heterocycles. The highest BCUT2D eigenvalue weighted by atomic mass is 16.5. The molecule has 4 aromatic rings. The van der Waals surface area contributed by atoms with E-state index in [4.69, 9.17) is 14.2 Å². The number of nitrogens with zero attached hydrogens (tertiary/aromatic N) is 2. The minimum atomic E-state index is -0.349. The Morgan fingerprint density at radius 2 is 1.79 bits per heavy atom. The van der Waals surface area contributed by atoms with Crippen molar-refractivity contribution in [1.29, 1.82) is 0 Å². The molecule has 0 radical (unpaired) electrons. The monoisotopic (exact) mass is 456 g/mol. The fraction of sp³-hybridized carbons (Fsp3) is 0.214. The molecular weight excluding hydrogens is 428 g/mol. The minimum absolute atomic E-state index is 0.275. The summed E-state index contributed by atoms with van der Waals surface area (Å²) in [6.45, 7) is 8.22. The van der Waals surface area contributed by atoms with Gasteiger partial charge >= 0.3 is 5.69 Å². The Labute approximate surface area is 199 Å². The molecule has 6 nitrogen and oxygen atoms in total. The highest BCUT2D eigenvalue weighted by Crippen LogP contribution is 2.33. The lowest BCUT2D eigenvalue weighted by atomic mass is 9.99. The normalized spacial score (nSPS) is 11.0. The van der Waals surface area contributed by atoms with E-state index >= 15 is 0 Å². The first kappa shape index (κ1) is 23.1. The van der Waals surface area contributed by atoms with E-state index in [1.54, 1.807) is 18.8 Å². The Bertz CT molecular complexity index is 1390. The average Bonchev–Trinajstić information content (AvgIpc) is 2.85. The molecule has 0 amide bonds. The molecule has 0 N–H and O–H groups in total. The van der Waals surface area contributed by atoms with E-state index in [0.717, 1.165) is 22.0 Å². The van der Waals surface area contributed by atoms with Gasteiger partial charge in [-0.15, -0.1) is 0 Å². The molecular formula is C28H28N2O4. The average molecular weight is 457 g/mol. The maximum atomic E-state index is 13.3. The van der Waals surface area contributed by atoms with Crippen molar-refractivity contribution in [2.24, 2.45) is 0 Å². The van der Waals surface area contributed by atoms with Crippen molar-refractivity contribution in [2.75, 3.05) is 14.2 Å². The first-order valence-corrected chi connectivity index (χ1v) is 11.1. The van der Waals surface area contributed by atoms with Crippen LogP contribution in [0.15, 0.2) is 78.3 Å². The third-order valence-electron chi connectivity index (χ3n) is 5.84. The number of para-hydroxylation sites is 1. The second-order valence-corrected chi connectivity index (χ2v) is 8.22. The summed E-state index contributed by atoms with van der Waals surface area (Å²) < 4.78 is 18.2. The molecule has 34 heavy (non-hydrogen) atoms. The van der Waals surface area contributed by atoms with Crippen molar-refractivity contribution >= 4 is 10.9 Å². The van der Waals surface area contributed by atoms with Crippen molar-refractivity contribution in [2.45, 2.75) is 26.3 Å². The van der Waals surface area contributed by atoms with Crippen LogP contribution in [0.25, 0.3) is 22.2 Å². The zero-order valence-electron chi connectivity index (χ0n) is 19.9. The van der Waals surface area contributed by atoms with Gasteiger partial charge < -0.3 is 14.2 Å². The second kappa shape index (κ2) is 9.83. The van der Waals surface area contributed by atoms with E-state index in [-0.39, 0.29) is 12.2 Å². The Morgan fingerprint density at radius 3 is 2.44 bits per heavy atom. The van der Waals surface area contributed by atoms with Gasteiger partial charge in [-0.05, 0) is 35.7 Å². The maximum Gasteiger partial charge on any atom is 0.348 e. The summed E-state index contributed by atoms with van der Waals surface area (Å²) in [5.74, 6) is 2.23. The Morgan fingerprint density at radius 1 is 1.03 bits per heavy atom. The Hall–Kier alpha value is -4.06. The Balaban J connectivity index is 1.92. The second-order valence-electron chi connectivity index (χ2n) is 8.22. The topological polar surface area (TPSA) is 62.6 Å². The molecule has 0 aliphatic carbocycles. The van der Waals surface area contributed by atoms with Crippen molar-refractivity contribution in [3.63, 3.8) is 0 Å². The van der Waals surface area contributed by atoms with Gasteiger partial charge in [0.25, 0.3) is 0 Å². The van der Waals surface area contributed by atoms with Crippen molar-refractivity contribution < 1.29 is 14.2 Å². The van der Waals surface area contributed by atoms with Crippen LogP contribution in [-0.4, -0.2) is 23.8 Å². The number of ether oxygens (including phenoxy) is 3. The quantitative estimate of drug-likeness (QED) is 0.315. The van der Waals surface area contributed by atoms with Gasteiger partial charge in [-0.1, -0.05) is 56.8 Å². The summed E-state index contributed by atoms with van der Waals surface area (Å²) in [7, 11) is 3.18. The van der Waals surface area contributed by atoms with Gasteiger partial charge in [0.2, 0.25) is 0 Å². The Kier molecular flexibility index (Phi) is 6.68. The van der Waals surface area contributed by atoms with Crippen LogP contribution < -0.4 is 19.9 Å². The number of rotatable bonds is 8. The minimum Gasteiger partial charge on any atom is -0.493 e. The van der Waals surface area contributed by atoms with Crippen LogP contribution in [0.2, 0.25) is 0 Å². The van der Waals surface area contributed by atoms with Gasteiger partial charge in [-0.25, -0.2) is 4.79 Å². The number of fused-ring (bicyclic) bond motifs is 1. The molecule has 0 fully saturated rings. The van der Waals surface area contributed by atoms with E-state index in [1.807, 2.05) is 48.5 Å². The van der Waals surface area contributed by atoms with Gasteiger partial charge in [-0.3, -0.25) is 4.57 Å². The van der Waals surface area contributed by atoms with Crippen LogP contribution in [0.3, 0.4) is 0 Å². The van der Waals surface area contributed by atoms with E-state index in [0.29, 0.717) is 28.9 Å². The third-order valence-corrected chi connectivity index (χ3v) is 5.84. The van der Waals surface area contributed by atoms with Crippen LogP contribution in [0, 0.1) is 0 Å². The van der Waals surface area contributed by atoms with Crippen molar-refractivity contribution in [3.05, 3.63) is 95.1 Å². The van der Waals surface area contributed by atoms with Crippen LogP contribution in [0.4, 0.5) is 0 Å². The standard InChI is InChI=1S/C28H28N2O4/c1-6-34-22-14-15-24-23(16-22)26(20-12-10-19(11-13-20)18(2)3)29-28(31)30(24)17-21-8-7-9-25(32-4)27(21)33-5/h6-16,18H,1,17H2,2-5H3. The summed E-state index contributed by atoms with van der Waals surface area (Å²) >= 11 is 0. The summed E-state index contributed by atoms with van der Waals surface area (Å²) in [5.41, 5.74) is 3.91. The largest absolute Gasteiger partial charge is 0.493 e.